The highest BCUT2D eigenvalue weighted by molar-refractivity contribution is 5.97. The van der Waals surface area contributed by atoms with E-state index in [0.717, 1.165) is 12.3 Å². The summed E-state index contributed by atoms with van der Waals surface area (Å²) in [5, 5.41) is 8.49. The standard InChI is InChI=1S/C6H6FNO2/c1-6(5(9)10)2-4(7)8-3-6/h2-3H,1H3,(H,9,10). The van der Waals surface area contributed by atoms with Crippen molar-refractivity contribution in [3.8, 4) is 0 Å². The number of rotatable bonds is 1. The second-order valence-electron chi connectivity index (χ2n) is 2.31. The van der Waals surface area contributed by atoms with Crippen LogP contribution in [0.3, 0.4) is 0 Å². The Labute approximate surface area is 56.9 Å². The Bertz CT molecular complexity index is 234. The first-order valence-corrected chi connectivity index (χ1v) is 2.71. The highest BCUT2D eigenvalue weighted by Crippen LogP contribution is 2.24. The van der Waals surface area contributed by atoms with Gasteiger partial charge in [-0.15, -0.1) is 0 Å². The zero-order valence-electron chi connectivity index (χ0n) is 5.34. The van der Waals surface area contributed by atoms with Crippen LogP contribution in [0.2, 0.25) is 0 Å². The summed E-state index contributed by atoms with van der Waals surface area (Å²) in [5.74, 6) is -1.83. The predicted octanol–water partition coefficient (Wildman–Crippen LogP) is 0.973. The van der Waals surface area contributed by atoms with Crippen LogP contribution in [0.15, 0.2) is 17.0 Å². The predicted molar refractivity (Wildman–Crippen MR) is 33.4 cm³/mol. The van der Waals surface area contributed by atoms with Crippen molar-refractivity contribution in [1.82, 2.24) is 0 Å². The van der Waals surface area contributed by atoms with Crippen LogP contribution in [-0.2, 0) is 4.79 Å². The molecule has 1 N–H and O–H groups in total. The van der Waals surface area contributed by atoms with Gasteiger partial charge in [0.25, 0.3) is 0 Å². The SMILES string of the molecule is CC1(C(=O)O)C=NC(F)=C1. The van der Waals surface area contributed by atoms with Crippen LogP contribution in [0, 0.1) is 5.41 Å². The van der Waals surface area contributed by atoms with Gasteiger partial charge in [0.2, 0.25) is 5.95 Å². The Kier molecular flexibility index (Phi) is 1.31. The summed E-state index contributed by atoms with van der Waals surface area (Å²) >= 11 is 0. The second-order valence-corrected chi connectivity index (χ2v) is 2.31. The summed E-state index contributed by atoms with van der Waals surface area (Å²) < 4.78 is 12.2. The fraction of sp³-hybridized carbons (Fsp3) is 0.333. The van der Waals surface area contributed by atoms with E-state index in [2.05, 4.69) is 4.99 Å². The molecule has 0 aliphatic carbocycles. The molecule has 0 fully saturated rings. The van der Waals surface area contributed by atoms with Gasteiger partial charge >= 0.3 is 5.97 Å². The van der Waals surface area contributed by atoms with Crippen LogP contribution in [0.1, 0.15) is 6.92 Å². The van der Waals surface area contributed by atoms with Gasteiger partial charge in [0.1, 0.15) is 5.41 Å². The van der Waals surface area contributed by atoms with Gasteiger partial charge in [-0.3, -0.25) is 4.79 Å². The summed E-state index contributed by atoms with van der Waals surface area (Å²) in [7, 11) is 0. The molecular weight excluding hydrogens is 137 g/mol. The number of carboxylic acids is 1. The summed E-state index contributed by atoms with van der Waals surface area (Å²) in [6, 6.07) is 0. The third kappa shape index (κ3) is 0.920. The monoisotopic (exact) mass is 143 g/mol. The summed E-state index contributed by atoms with van der Waals surface area (Å²) in [5.41, 5.74) is -1.25. The highest BCUT2D eigenvalue weighted by atomic mass is 19.1. The molecule has 0 aromatic rings. The van der Waals surface area contributed by atoms with Crippen LogP contribution < -0.4 is 0 Å². The minimum atomic E-state index is -1.25. The average molecular weight is 143 g/mol. The molecule has 1 heterocycles. The van der Waals surface area contributed by atoms with Gasteiger partial charge in [0.05, 0.1) is 0 Å². The first-order chi connectivity index (χ1) is 4.54. The van der Waals surface area contributed by atoms with Gasteiger partial charge in [-0.1, -0.05) is 0 Å². The number of carbonyl (C=O) groups is 1. The molecule has 1 unspecified atom stereocenters. The molecular formula is C6H6FNO2. The van der Waals surface area contributed by atoms with Crippen LogP contribution in [0.4, 0.5) is 4.39 Å². The molecule has 1 atom stereocenters. The largest absolute Gasteiger partial charge is 0.480 e. The fourth-order valence-corrected chi connectivity index (χ4v) is 0.635. The lowest BCUT2D eigenvalue weighted by Gasteiger charge is -2.08. The molecule has 0 amide bonds. The Morgan fingerprint density at radius 1 is 1.90 bits per heavy atom. The van der Waals surface area contributed by atoms with E-state index in [4.69, 9.17) is 5.11 Å². The minimum absolute atomic E-state index is 0.732. The summed E-state index contributed by atoms with van der Waals surface area (Å²) in [6.45, 7) is 1.38. The normalized spacial score (nSPS) is 30.4. The van der Waals surface area contributed by atoms with Gasteiger partial charge in [-0.25, -0.2) is 4.99 Å². The number of halogens is 1. The Balaban J connectivity index is 2.95. The van der Waals surface area contributed by atoms with E-state index >= 15 is 0 Å². The third-order valence-electron chi connectivity index (χ3n) is 1.34. The number of aliphatic imine (C=N–C) groups is 1. The van der Waals surface area contributed by atoms with Crippen molar-refractivity contribution >= 4 is 12.2 Å². The average Bonchev–Trinajstić information content (AvgIpc) is 2.13. The maximum Gasteiger partial charge on any atom is 0.318 e. The Morgan fingerprint density at radius 2 is 2.50 bits per heavy atom. The maximum atomic E-state index is 12.2. The van der Waals surface area contributed by atoms with Crippen molar-refractivity contribution in [2.45, 2.75) is 6.92 Å². The molecule has 0 spiro atoms. The van der Waals surface area contributed by atoms with E-state index in [0.29, 0.717) is 0 Å². The second kappa shape index (κ2) is 1.90. The third-order valence-corrected chi connectivity index (χ3v) is 1.34. The molecule has 4 heteroatoms. The van der Waals surface area contributed by atoms with Gasteiger partial charge in [0, 0.05) is 6.21 Å². The molecule has 0 aromatic carbocycles. The van der Waals surface area contributed by atoms with E-state index in [-0.39, 0.29) is 0 Å². The minimum Gasteiger partial charge on any atom is -0.480 e. The van der Waals surface area contributed by atoms with Crippen molar-refractivity contribution in [1.29, 1.82) is 0 Å². The van der Waals surface area contributed by atoms with Crippen molar-refractivity contribution in [3.05, 3.63) is 12.0 Å². The molecule has 1 rings (SSSR count). The van der Waals surface area contributed by atoms with Gasteiger partial charge < -0.3 is 5.11 Å². The van der Waals surface area contributed by atoms with E-state index in [1.54, 1.807) is 0 Å². The van der Waals surface area contributed by atoms with E-state index in [9.17, 15) is 9.18 Å². The first kappa shape index (κ1) is 6.92. The lowest BCUT2D eigenvalue weighted by Crippen LogP contribution is -2.24. The van der Waals surface area contributed by atoms with Crippen LogP contribution >= 0.6 is 0 Å². The number of aliphatic carboxylic acids is 1. The molecule has 0 bridgehead atoms. The van der Waals surface area contributed by atoms with E-state index in [1.165, 1.54) is 6.92 Å². The summed E-state index contributed by atoms with van der Waals surface area (Å²) in [6.07, 6.45) is 2.04. The lowest BCUT2D eigenvalue weighted by atomic mass is 9.94. The molecule has 1 aliphatic heterocycles. The number of carboxylic acid groups (broad SMARTS) is 1. The molecule has 0 aromatic heterocycles. The number of hydrogen-bond donors (Lipinski definition) is 1. The van der Waals surface area contributed by atoms with Crippen molar-refractivity contribution in [2.24, 2.45) is 10.4 Å². The molecule has 0 saturated heterocycles. The van der Waals surface area contributed by atoms with Crippen molar-refractivity contribution < 1.29 is 14.3 Å². The van der Waals surface area contributed by atoms with Crippen LogP contribution in [0.25, 0.3) is 0 Å². The molecule has 0 saturated carbocycles. The zero-order valence-corrected chi connectivity index (χ0v) is 5.34. The van der Waals surface area contributed by atoms with Gasteiger partial charge in [-0.05, 0) is 13.0 Å². The first-order valence-electron chi connectivity index (χ1n) is 2.71. The van der Waals surface area contributed by atoms with E-state index < -0.39 is 17.3 Å². The Hall–Kier alpha value is -1.19. The summed E-state index contributed by atoms with van der Waals surface area (Å²) in [4.78, 5) is 13.6. The fourth-order valence-electron chi connectivity index (χ4n) is 0.635. The van der Waals surface area contributed by atoms with E-state index in [1.807, 2.05) is 0 Å². The van der Waals surface area contributed by atoms with Crippen LogP contribution in [-0.4, -0.2) is 17.3 Å². The Morgan fingerprint density at radius 3 is 2.70 bits per heavy atom. The molecule has 54 valence electrons. The lowest BCUT2D eigenvalue weighted by molar-refractivity contribution is -0.141. The quantitative estimate of drug-likeness (QED) is 0.556. The molecule has 10 heavy (non-hydrogen) atoms. The van der Waals surface area contributed by atoms with Crippen molar-refractivity contribution in [3.63, 3.8) is 0 Å². The number of nitrogens with zero attached hydrogens (tertiary/aromatic N) is 1. The molecule has 1 aliphatic rings. The number of hydrogen-bond acceptors (Lipinski definition) is 2. The topological polar surface area (TPSA) is 49.7 Å². The van der Waals surface area contributed by atoms with Gasteiger partial charge in [0.15, 0.2) is 0 Å². The van der Waals surface area contributed by atoms with Crippen molar-refractivity contribution in [2.75, 3.05) is 0 Å². The zero-order chi connectivity index (χ0) is 7.78. The van der Waals surface area contributed by atoms with Gasteiger partial charge in [-0.2, -0.15) is 4.39 Å². The molecule has 0 radical (unpaired) electrons. The maximum absolute atomic E-state index is 12.2. The molecule has 3 nitrogen and oxygen atoms in total. The smallest absolute Gasteiger partial charge is 0.318 e. The van der Waals surface area contributed by atoms with Crippen LogP contribution in [0.5, 0.6) is 0 Å². The highest BCUT2D eigenvalue weighted by Gasteiger charge is 2.32.